The van der Waals surface area contributed by atoms with Crippen LogP contribution in [0.15, 0.2) is 51.4 Å². The van der Waals surface area contributed by atoms with Crippen LogP contribution in [-0.2, 0) is 12.4 Å². The van der Waals surface area contributed by atoms with Gasteiger partial charge in [0.1, 0.15) is 5.82 Å². The van der Waals surface area contributed by atoms with Crippen molar-refractivity contribution in [2.75, 3.05) is 0 Å². The van der Waals surface area contributed by atoms with Gasteiger partial charge in [-0.15, -0.1) is 11.6 Å². The zero-order chi connectivity index (χ0) is 14.1. The van der Waals surface area contributed by atoms with Gasteiger partial charge in [0.15, 0.2) is 0 Å². The highest BCUT2D eigenvalue weighted by molar-refractivity contribution is 9.10. The molecule has 0 bridgehead atoms. The fourth-order valence-electron chi connectivity index (χ4n) is 2.20. The first kappa shape index (κ1) is 14.1. The molecule has 20 heavy (non-hydrogen) atoms. The average molecular weight is 415 g/mol. The summed E-state index contributed by atoms with van der Waals surface area (Å²) in [4.78, 5) is 4.60. The van der Waals surface area contributed by atoms with Crippen LogP contribution in [0.5, 0.6) is 0 Å². The van der Waals surface area contributed by atoms with Gasteiger partial charge in [-0.1, -0.05) is 44.0 Å². The van der Waals surface area contributed by atoms with E-state index in [1.54, 1.807) is 0 Å². The Morgan fingerprint density at radius 2 is 1.70 bits per heavy atom. The van der Waals surface area contributed by atoms with Gasteiger partial charge in [-0.25, -0.2) is 4.98 Å². The smallest absolute Gasteiger partial charge is 0.125 e. The van der Waals surface area contributed by atoms with Gasteiger partial charge < -0.3 is 4.57 Å². The number of benzene rings is 2. The molecule has 0 aliphatic heterocycles. The summed E-state index contributed by atoms with van der Waals surface area (Å²) in [5, 5.41) is 0. The zero-order valence-electron chi connectivity index (χ0n) is 10.5. The number of aromatic nitrogens is 2. The second kappa shape index (κ2) is 5.88. The van der Waals surface area contributed by atoms with Crippen LogP contribution in [0, 0.1) is 0 Å². The number of hydrogen-bond acceptors (Lipinski definition) is 1. The van der Waals surface area contributed by atoms with E-state index in [-0.39, 0.29) is 0 Å². The molecule has 2 aromatic carbocycles. The molecule has 0 fully saturated rings. The van der Waals surface area contributed by atoms with E-state index in [4.69, 9.17) is 11.6 Å². The predicted octanol–water partition coefficient (Wildman–Crippen LogP) is 5.35. The Kier molecular flexibility index (Phi) is 4.15. The molecule has 0 radical (unpaired) electrons. The number of hydrogen-bond donors (Lipinski definition) is 0. The van der Waals surface area contributed by atoms with Gasteiger partial charge in [-0.2, -0.15) is 0 Å². The van der Waals surface area contributed by atoms with Crippen LogP contribution in [0.25, 0.3) is 11.0 Å². The largest absolute Gasteiger partial charge is 0.322 e. The lowest BCUT2D eigenvalue weighted by Gasteiger charge is -2.08. The van der Waals surface area contributed by atoms with Crippen molar-refractivity contribution in [2.24, 2.45) is 0 Å². The van der Waals surface area contributed by atoms with E-state index < -0.39 is 0 Å². The standard InChI is InChI=1S/C15H11Br2ClN2/c16-11-3-1-10(2-4-11)9-20-14-6-5-12(17)7-13(14)19-15(20)8-18/h1-7H,8-9H2. The van der Waals surface area contributed by atoms with Crippen LogP contribution < -0.4 is 0 Å². The molecule has 1 heterocycles. The summed E-state index contributed by atoms with van der Waals surface area (Å²) < 4.78 is 4.27. The Bertz CT molecular complexity index is 750. The van der Waals surface area contributed by atoms with E-state index in [1.807, 2.05) is 24.3 Å². The van der Waals surface area contributed by atoms with Crippen LogP contribution in [-0.4, -0.2) is 9.55 Å². The Morgan fingerprint density at radius 1 is 1.00 bits per heavy atom. The Morgan fingerprint density at radius 3 is 2.40 bits per heavy atom. The van der Waals surface area contributed by atoms with Gasteiger partial charge in [0.25, 0.3) is 0 Å². The third-order valence-corrected chi connectivity index (χ3v) is 4.42. The highest BCUT2D eigenvalue weighted by atomic mass is 79.9. The van der Waals surface area contributed by atoms with Gasteiger partial charge in [-0.05, 0) is 35.9 Å². The van der Waals surface area contributed by atoms with Crippen molar-refractivity contribution < 1.29 is 0 Å². The van der Waals surface area contributed by atoms with E-state index in [1.165, 1.54) is 5.56 Å². The Labute approximate surface area is 139 Å². The van der Waals surface area contributed by atoms with Crippen molar-refractivity contribution in [3.63, 3.8) is 0 Å². The lowest BCUT2D eigenvalue weighted by molar-refractivity contribution is 0.778. The summed E-state index contributed by atoms with van der Waals surface area (Å²) in [5.41, 5.74) is 3.29. The van der Waals surface area contributed by atoms with E-state index in [0.717, 1.165) is 32.3 Å². The van der Waals surface area contributed by atoms with E-state index in [0.29, 0.717) is 5.88 Å². The van der Waals surface area contributed by atoms with Gasteiger partial charge in [0.2, 0.25) is 0 Å². The molecular formula is C15H11Br2ClN2. The molecule has 0 aliphatic rings. The highest BCUT2D eigenvalue weighted by Gasteiger charge is 2.10. The average Bonchev–Trinajstić information content (AvgIpc) is 2.78. The van der Waals surface area contributed by atoms with Gasteiger partial charge >= 0.3 is 0 Å². The first-order valence-electron chi connectivity index (χ1n) is 6.12. The minimum absolute atomic E-state index is 0.406. The summed E-state index contributed by atoms with van der Waals surface area (Å²) in [7, 11) is 0. The first-order valence-corrected chi connectivity index (χ1v) is 8.24. The van der Waals surface area contributed by atoms with Crippen molar-refractivity contribution in [1.29, 1.82) is 0 Å². The normalized spacial score (nSPS) is 11.2. The summed E-state index contributed by atoms with van der Waals surface area (Å²) in [6, 6.07) is 14.4. The van der Waals surface area contributed by atoms with Gasteiger partial charge in [0, 0.05) is 15.5 Å². The number of halogens is 3. The molecule has 0 aliphatic carbocycles. The second-order valence-corrected chi connectivity index (χ2v) is 6.61. The molecule has 0 unspecified atom stereocenters. The quantitative estimate of drug-likeness (QED) is 0.529. The summed E-state index contributed by atoms with van der Waals surface area (Å²) in [5.74, 6) is 1.30. The van der Waals surface area contributed by atoms with Crippen LogP contribution in [0.2, 0.25) is 0 Å². The molecule has 0 saturated carbocycles. The predicted molar refractivity (Wildman–Crippen MR) is 90.2 cm³/mol. The molecule has 0 spiro atoms. The molecule has 102 valence electrons. The molecule has 0 atom stereocenters. The van der Waals surface area contributed by atoms with E-state index in [2.05, 4.69) is 59.6 Å². The third-order valence-electron chi connectivity index (χ3n) is 3.16. The van der Waals surface area contributed by atoms with E-state index >= 15 is 0 Å². The number of rotatable bonds is 3. The van der Waals surface area contributed by atoms with Crippen molar-refractivity contribution in [3.8, 4) is 0 Å². The molecule has 1 aromatic heterocycles. The summed E-state index contributed by atoms with van der Waals surface area (Å²) in [6.07, 6.45) is 0. The zero-order valence-corrected chi connectivity index (χ0v) is 14.4. The summed E-state index contributed by atoms with van der Waals surface area (Å²) in [6.45, 7) is 0.771. The summed E-state index contributed by atoms with van der Waals surface area (Å²) >= 11 is 13.0. The van der Waals surface area contributed by atoms with Crippen molar-refractivity contribution in [3.05, 3.63) is 62.8 Å². The Balaban J connectivity index is 2.07. The highest BCUT2D eigenvalue weighted by Crippen LogP contribution is 2.23. The van der Waals surface area contributed by atoms with Crippen LogP contribution in [0.4, 0.5) is 0 Å². The monoisotopic (exact) mass is 412 g/mol. The SMILES string of the molecule is ClCc1nc2cc(Br)ccc2n1Cc1ccc(Br)cc1. The number of alkyl halides is 1. The molecular weight excluding hydrogens is 403 g/mol. The minimum atomic E-state index is 0.406. The topological polar surface area (TPSA) is 17.8 Å². The molecule has 3 rings (SSSR count). The van der Waals surface area contributed by atoms with Crippen molar-refractivity contribution in [2.45, 2.75) is 12.4 Å². The first-order chi connectivity index (χ1) is 9.67. The van der Waals surface area contributed by atoms with E-state index in [9.17, 15) is 0 Å². The fraction of sp³-hybridized carbons (Fsp3) is 0.133. The third kappa shape index (κ3) is 2.78. The minimum Gasteiger partial charge on any atom is -0.322 e. The van der Waals surface area contributed by atoms with Crippen molar-refractivity contribution in [1.82, 2.24) is 9.55 Å². The van der Waals surface area contributed by atoms with Crippen molar-refractivity contribution >= 4 is 54.5 Å². The lowest BCUT2D eigenvalue weighted by atomic mass is 10.2. The fourth-order valence-corrected chi connectivity index (χ4v) is 3.02. The molecule has 2 nitrogen and oxygen atoms in total. The van der Waals surface area contributed by atoms with Gasteiger partial charge in [0.05, 0.1) is 16.9 Å². The van der Waals surface area contributed by atoms with Crippen LogP contribution >= 0.6 is 43.5 Å². The number of imidazole rings is 1. The maximum atomic E-state index is 6.03. The maximum absolute atomic E-state index is 6.03. The second-order valence-electron chi connectivity index (χ2n) is 4.51. The number of fused-ring (bicyclic) bond motifs is 1. The van der Waals surface area contributed by atoms with Crippen LogP contribution in [0.1, 0.15) is 11.4 Å². The Hall–Kier alpha value is -0.840. The molecule has 5 heteroatoms. The molecule has 0 saturated heterocycles. The molecule has 0 N–H and O–H groups in total. The number of nitrogens with zero attached hydrogens (tertiary/aromatic N) is 2. The molecule has 3 aromatic rings. The van der Waals surface area contributed by atoms with Crippen LogP contribution in [0.3, 0.4) is 0 Å². The lowest BCUT2D eigenvalue weighted by Crippen LogP contribution is -2.03. The maximum Gasteiger partial charge on any atom is 0.125 e. The van der Waals surface area contributed by atoms with Gasteiger partial charge in [-0.3, -0.25) is 0 Å². The molecule has 0 amide bonds.